The van der Waals surface area contributed by atoms with Gasteiger partial charge < -0.3 is 5.32 Å². The Labute approximate surface area is 127 Å². The van der Waals surface area contributed by atoms with Crippen molar-refractivity contribution in [2.45, 2.75) is 51.3 Å². The summed E-state index contributed by atoms with van der Waals surface area (Å²) in [5.41, 5.74) is 1.04. The van der Waals surface area contributed by atoms with Gasteiger partial charge in [0.1, 0.15) is 4.21 Å². The van der Waals surface area contributed by atoms with Crippen molar-refractivity contribution in [2.75, 3.05) is 13.1 Å². The lowest BCUT2D eigenvalue weighted by Crippen LogP contribution is -2.27. The number of rotatable bonds is 9. The fourth-order valence-electron chi connectivity index (χ4n) is 1.64. The van der Waals surface area contributed by atoms with Crippen molar-refractivity contribution in [2.24, 2.45) is 5.92 Å². The van der Waals surface area contributed by atoms with E-state index >= 15 is 0 Å². The van der Waals surface area contributed by atoms with Gasteiger partial charge in [-0.3, -0.25) is 0 Å². The minimum absolute atomic E-state index is 0.358. The van der Waals surface area contributed by atoms with Gasteiger partial charge >= 0.3 is 0 Å². The lowest BCUT2D eigenvalue weighted by Gasteiger charge is -2.09. The standard InChI is InChI=1S/C14H26N2O2S2/c1-5-7-15-10-13-12(4)8-14(19-13)20(17,18)16-9-11(3)6-2/h8,11,15-16H,5-7,9-10H2,1-4H3. The van der Waals surface area contributed by atoms with Gasteiger partial charge in [0.2, 0.25) is 10.0 Å². The maximum Gasteiger partial charge on any atom is 0.250 e. The van der Waals surface area contributed by atoms with E-state index in [4.69, 9.17) is 0 Å². The maximum absolute atomic E-state index is 12.2. The van der Waals surface area contributed by atoms with E-state index in [0.717, 1.165) is 36.4 Å². The summed E-state index contributed by atoms with van der Waals surface area (Å²) in [6.45, 7) is 10.4. The van der Waals surface area contributed by atoms with E-state index in [9.17, 15) is 8.42 Å². The topological polar surface area (TPSA) is 58.2 Å². The van der Waals surface area contributed by atoms with Gasteiger partial charge in [-0.25, -0.2) is 13.1 Å². The van der Waals surface area contributed by atoms with E-state index in [0.29, 0.717) is 16.7 Å². The van der Waals surface area contributed by atoms with E-state index < -0.39 is 10.0 Å². The number of hydrogen-bond acceptors (Lipinski definition) is 4. The molecule has 0 spiro atoms. The van der Waals surface area contributed by atoms with Gasteiger partial charge in [0, 0.05) is 18.0 Å². The van der Waals surface area contributed by atoms with Gasteiger partial charge in [0.25, 0.3) is 0 Å². The van der Waals surface area contributed by atoms with E-state index in [1.54, 1.807) is 6.07 Å². The Kier molecular flexibility index (Phi) is 7.15. The molecule has 1 aromatic rings. The smallest absolute Gasteiger partial charge is 0.250 e. The highest BCUT2D eigenvalue weighted by Gasteiger charge is 2.19. The monoisotopic (exact) mass is 318 g/mol. The first-order valence-corrected chi connectivity index (χ1v) is 9.50. The van der Waals surface area contributed by atoms with Crippen LogP contribution < -0.4 is 10.0 Å². The molecule has 6 heteroatoms. The van der Waals surface area contributed by atoms with Gasteiger partial charge in [0.15, 0.2) is 0 Å². The summed E-state index contributed by atoms with van der Waals surface area (Å²) in [5, 5.41) is 3.31. The molecule has 0 amide bonds. The third kappa shape index (κ3) is 5.16. The average Bonchev–Trinajstić information content (AvgIpc) is 2.79. The quantitative estimate of drug-likeness (QED) is 0.688. The third-order valence-corrected chi connectivity index (χ3v) is 6.43. The lowest BCUT2D eigenvalue weighted by molar-refractivity contribution is 0.529. The van der Waals surface area contributed by atoms with Crippen LogP contribution in [0.5, 0.6) is 0 Å². The van der Waals surface area contributed by atoms with Crippen LogP contribution in [-0.2, 0) is 16.6 Å². The molecule has 1 aromatic heterocycles. The molecule has 0 aromatic carbocycles. The molecule has 0 fully saturated rings. The minimum Gasteiger partial charge on any atom is -0.312 e. The number of hydrogen-bond donors (Lipinski definition) is 2. The molecular formula is C14H26N2O2S2. The molecule has 0 radical (unpaired) electrons. The van der Waals surface area contributed by atoms with Crippen LogP contribution in [0.1, 0.15) is 44.1 Å². The molecule has 0 aliphatic heterocycles. The van der Waals surface area contributed by atoms with Gasteiger partial charge in [-0.1, -0.05) is 27.2 Å². The summed E-state index contributed by atoms with van der Waals surface area (Å²) < 4.78 is 27.6. The molecule has 0 bridgehead atoms. The number of thiophene rings is 1. The van der Waals surface area contributed by atoms with Gasteiger partial charge in [-0.05, 0) is 37.4 Å². The maximum atomic E-state index is 12.2. The Morgan fingerprint density at radius 2 is 2.05 bits per heavy atom. The van der Waals surface area contributed by atoms with Crippen molar-refractivity contribution in [3.8, 4) is 0 Å². The van der Waals surface area contributed by atoms with Gasteiger partial charge in [-0.2, -0.15) is 0 Å². The molecule has 0 saturated carbocycles. The second kappa shape index (κ2) is 8.12. The van der Waals surface area contributed by atoms with Crippen molar-refractivity contribution in [3.05, 3.63) is 16.5 Å². The SMILES string of the molecule is CCCNCc1sc(S(=O)(=O)NCC(C)CC)cc1C. The second-order valence-electron chi connectivity index (χ2n) is 5.21. The molecule has 116 valence electrons. The Morgan fingerprint density at radius 1 is 1.35 bits per heavy atom. The highest BCUT2D eigenvalue weighted by atomic mass is 32.2. The minimum atomic E-state index is -3.36. The zero-order chi connectivity index (χ0) is 15.2. The van der Waals surface area contributed by atoms with Crippen LogP contribution in [-0.4, -0.2) is 21.5 Å². The van der Waals surface area contributed by atoms with E-state index in [1.807, 2.05) is 13.8 Å². The molecule has 1 heterocycles. The summed E-state index contributed by atoms with van der Waals surface area (Å²) >= 11 is 1.36. The first-order valence-electron chi connectivity index (χ1n) is 7.20. The van der Waals surface area contributed by atoms with Crippen molar-refractivity contribution >= 4 is 21.4 Å². The molecule has 4 nitrogen and oxygen atoms in total. The van der Waals surface area contributed by atoms with E-state index in [2.05, 4.69) is 23.9 Å². The Morgan fingerprint density at radius 3 is 2.65 bits per heavy atom. The summed E-state index contributed by atoms with van der Waals surface area (Å²) in [6, 6.07) is 1.77. The summed E-state index contributed by atoms with van der Waals surface area (Å²) in [4.78, 5) is 1.10. The molecular weight excluding hydrogens is 292 g/mol. The summed E-state index contributed by atoms with van der Waals surface area (Å²) in [5.74, 6) is 0.358. The highest BCUT2D eigenvalue weighted by Crippen LogP contribution is 2.25. The highest BCUT2D eigenvalue weighted by molar-refractivity contribution is 7.91. The Bertz CT molecular complexity index is 509. The molecule has 0 aliphatic rings. The predicted octanol–water partition coefficient (Wildman–Crippen LogP) is 2.88. The number of aryl methyl sites for hydroxylation is 1. The zero-order valence-corrected chi connectivity index (χ0v) is 14.5. The van der Waals surface area contributed by atoms with Crippen LogP contribution in [0.3, 0.4) is 0 Å². The summed E-state index contributed by atoms with van der Waals surface area (Å²) in [6.07, 6.45) is 2.05. The molecule has 1 atom stereocenters. The fraction of sp³-hybridized carbons (Fsp3) is 0.714. The largest absolute Gasteiger partial charge is 0.312 e. The Balaban J connectivity index is 2.73. The van der Waals surface area contributed by atoms with E-state index in [-0.39, 0.29) is 0 Å². The lowest BCUT2D eigenvalue weighted by atomic mass is 10.1. The number of sulfonamides is 1. The zero-order valence-electron chi connectivity index (χ0n) is 12.8. The first kappa shape index (κ1) is 17.6. The predicted molar refractivity (Wildman–Crippen MR) is 85.7 cm³/mol. The normalized spacial score (nSPS) is 13.6. The van der Waals surface area contributed by atoms with Crippen LogP contribution in [0, 0.1) is 12.8 Å². The van der Waals surface area contributed by atoms with Crippen molar-refractivity contribution < 1.29 is 8.42 Å². The van der Waals surface area contributed by atoms with Gasteiger partial charge in [-0.15, -0.1) is 11.3 Å². The van der Waals surface area contributed by atoms with Crippen LogP contribution >= 0.6 is 11.3 Å². The van der Waals surface area contributed by atoms with Crippen LogP contribution in [0.15, 0.2) is 10.3 Å². The number of nitrogens with one attached hydrogen (secondary N) is 2. The summed E-state index contributed by atoms with van der Waals surface area (Å²) in [7, 11) is -3.36. The van der Waals surface area contributed by atoms with Crippen LogP contribution in [0.4, 0.5) is 0 Å². The average molecular weight is 319 g/mol. The molecule has 20 heavy (non-hydrogen) atoms. The third-order valence-electron chi connectivity index (χ3n) is 3.29. The van der Waals surface area contributed by atoms with Crippen molar-refractivity contribution in [3.63, 3.8) is 0 Å². The van der Waals surface area contributed by atoms with E-state index in [1.165, 1.54) is 11.3 Å². The Hall–Kier alpha value is -0.430. The van der Waals surface area contributed by atoms with Crippen molar-refractivity contribution in [1.82, 2.24) is 10.0 Å². The van der Waals surface area contributed by atoms with Gasteiger partial charge in [0.05, 0.1) is 0 Å². The second-order valence-corrected chi connectivity index (χ2v) is 8.34. The van der Waals surface area contributed by atoms with Crippen LogP contribution in [0.25, 0.3) is 0 Å². The fourth-order valence-corrected chi connectivity index (χ4v) is 4.41. The molecule has 2 N–H and O–H groups in total. The first-order chi connectivity index (χ1) is 9.40. The molecule has 0 aliphatic carbocycles. The molecule has 0 saturated heterocycles. The van der Waals surface area contributed by atoms with Crippen LogP contribution in [0.2, 0.25) is 0 Å². The molecule has 1 unspecified atom stereocenters. The molecule has 1 rings (SSSR count). The van der Waals surface area contributed by atoms with Crippen molar-refractivity contribution in [1.29, 1.82) is 0 Å².